The third kappa shape index (κ3) is 7.64. The summed E-state index contributed by atoms with van der Waals surface area (Å²) in [6.07, 6.45) is 1.93. The van der Waals surface area contributed by atoms with Crippen LogP contribution in [0.25, 0.3) is 0 Å². The summed E-state index contributed by atoms with van der Waals surface area (Å²) in [7, 11) is 0. The first kappa shape index (κ1) is 26.4. The van der Waals surface area contributed by atoms with Crippen molar-refractivity contribution in [3.8, 4) is 0 Å². The van der Waals surface area contributed by atoms with E-state index in [1.54, 1.807) is 19.1 Å². The zero-order valence-electron chi connectivity index (χ0n) is 18.6. The Morgan fingerprint density at radius 2 is 2.06 bits per heavy atom. The van der Waals surface area contributed by atoms with Crippen molar-refractivity contribution in [1.29, 1.82) is 0 Å². The monoisotopic (exact) mass is 566 g/mol. The van der Waals surface area contributed by atoms with Gasteiger partial charge >= 0.3 is 5.97 Å². The number of carboxylic acids is 1. The van der Waals surface area contributed by atoms with Crippen LogP contribution in [0.2, 0.25) is 5.02 Å². The molecule has 2 heterocycles. The van der Waals surface area contributed by atoms with Crippen LogP contribution in [0.3, 0.4) is 0 Å². The summed E-state index contributed by atoms with van der Waals surface area (Å²) >= 11 is 9.49. The minimum Gasteiger partial charge on any atom is -0.481 e. The van der Waals surface area contributed by atoms with Gasteiger partial charge in [-0.2, -0.15) is 0 Å². The Morgan fingerprint density at radius 3 is 2.74 bits per heavy atom. The average Bonchev–Trinajstić information content (AvgIpc) is 2.81. The van der Waals surface area contributed by atoms with E-state index in [-0.39, 0.29) is 25.1 Å². The summed E-state index contributed by atoms with van der Waals surface area (Å²) < 4.78 is 0.685. The number of guanidine groups is 1. The second kappa shape index (κ2) is 12.0. The van der Waals surface area contributed by atoms with Crippen molar-refractivity contribution >= 4 is 57.0 Å². The lowest BCUT2D eigenvalue weighted by molar-refractivity contribution is -0.137. The molecule has 6 N–H and O–H groups in total. The summed E-state index contributed by atoms with van der Waals surface area (Å²) in [6, 6.07) is 3.97. The molecule has 1 aromatic carbocycles. The lowest BCUT2D eigenvalue weighted by Gasteiger charge is -2.21. The lowest BCUT2D eigenvalue weighted by atomic mass is 9.98. The Morgan fingerprint density at radius 1 is 1.29 bits per heavy atom. The number of hydrogen-bond donors (Lipinski definition) is 6. The minimum atomic E-state index is -1.10. The van der Waals surface area contributed by atoms with E-state index < -0.39 is 29.9 Å². The number of nitrogens with one attached hydrogen (secondary N) is 4. The molecular formula is C22H24BrClN6O5. The largest absolute Gasteiger partial charge is 0.481 e. The third-order valence-electron chi connectivity index (χ3n) is 5.08. The normalized spacial score (nSPS) is 15.9. The van der Waals surface area contributed by atoms with E-state index in [9.17, 15) is 24.6 Å². The van der Waals surface area contributed by atoms with E-state index in [2.05, 4.69) is 47.2 Å². The number of aliphatic carboxylic acids is 1. The van der Waals surface area contributed by atoms with Gasteiger partial charge in [-0.05, 0) is 36.2 Å². The van der Waals surface area contributed by atoms with Gasteiger partial charge in [0, 0.05) is 22.2 Å². The molecule has 0 saturated heterocycles. The maximum absolute atomic E-state index is 12.6. The summed E-state index contributed by atoms with van der Waals surface area (Å²) in [5.74, 6) is -1.76. The van der Waals surface area contributed by atoms with Crippen molar-refractivity contribution in [3.05, 3.63) is 56.8 Å². The molecule has 1 aliphatic rings. The van der Waals surface area contributed by atoms with Crippen molar-refractivity contribution in [2.24, 2.45) is 4.99 Å². The molecule has 35 heavy (non-hydrogen) atoms. The van der Waals surface area contributed by atoms with Crippen LogP contribution in [0.5, 0.6) is 0 Å². The average molecular weight is 568 g/mol. The Kier molecular flexibility index (Phi) is 9.01. The van der Waals surface area contributed by atoms with E-state index in [0.717, 1.165) is 5.56 Å². The molecule has 1 aromatic heterocycles. The number of amides is 2. The van der Waals surface area contributed by atoms with Crippen LogP contribution in [-0.2, 0) is 9.59 Å². The quantitative estimate of drug-likeness (QED) is 0.280. The fraction of sp³-hybridized carbons (Fsp3) is 0.318. The Hall–Kier alpha value is -3.22. The van der Waals surface area contributed by atoms with Gasteiger partial charge in [0.25, 0.3) is 5.91 Å². The first-order chi connectivity index (χ1) is 16.6. The van der Waals surface area contributed by atoms with Crippen LogP contribution in [-0.4, -0.2) is 64.7 Å². The number of aliphatic hydroxyl groups excluding tert-OH is 1. The smallest absolute Gasteiger partial charge is 0.305 e. The number of carbonyl (C=O) groups excluding carboxylic acids is 2. The molecule has 13 heteroatoms. The summed E-state index contributed by atoms with van der Waals surface area (Å²) in [5.41, 5.74) is 2.00. The van der Waals surface area contributed by atoms with Gasteiger partial charge in [-0.3, -0.25) is 24.4 Å². The summed E-state index contributed by atoms with van der Waals surface area (Å²) in [4.78, 5) is 44.6. The van der Waals surface area contributed by atoms with Crippen LogP contribution in [0.1, 0.15) is 33.9 Å². The number of aliphatic hydroxyl groups is 1. The number of aliphatic imine (C=N–C) groups is 1. The number of nitrogens with zero attached hydrogens (tertiary/aromatic N) is 2. The van der Waals surface area contributed by atoms with E-state index in [1.807, 2.05) is 0 Å². The highest BCUT2D eigenvalue weighted by molar-refractivity contribution is 9.10. The van der Waals surface area contributed by atoms with Crippen molar-refractivity contribution in [2.75, 3.05) is 25.0 Å². The standard InChI is InChI=1S/C22H24BrClN6O5/c1-11-16(3-13(24)4-17(11)23)18(5-20(33)34)30-19(32)10-26-21(35)12-2-14(7-25-6-12)29-22-27-8-15(31)9-28-22/h2-4,6-7,15,18,31H,5,8-10H2,1H3,(H,26,35)(H,30,32)(H,33,34)(H2,27,28,29)/t18-/m0/s1. The number of anilines is 1. The zero-order chi connectivity index (χ0) is 25.5. The molecule has 2 atom stereocenters. The van der Waals surface area contributed by atoms with Crippen molar-refractivity contribution in [1.82, 2.24) is 20.9 Å². The molecule has 0 saturated carbocycles. The highest BCUT2D eigenvalue weighted by Crippen LogP contribution is 2.30. The highest BCUT2D eigenvalue weighted by Gasteiger charge is 2.22. The first-order valence-corrected chi connectivity index (χ1v) is 11.7. The number of benzene rings is 1. The summed E-state index contributed by atoms with van der Waals surface area (Å²) in [5, 5.41) is 30.2. The van der Waals surface area contributed by atoms with E-state index in [4.69, 9.17) is 11.6 Å². The van der Waals surface area contributed by atoms with Crippen LogP contribution < -0.4 is 21.3 Å². The molecule has 2 aromatic rings. The maximum atomic E-state index is 12.6. The number of β-amino-alcohol motifs (C(OH)–C–C–N with tert-alkyl or cyclic N) is 1. The van der Waals surface area contributed by atoms with Gasteiger partial charge in [0.05, 0.1) is 49.1 Å². The molecule has 1 unspecified atom stereocenters. The molecule has 0 fully saturated rings. The van der Waals surface area contributed by atoms with Gasteiger partial charge in [0.1, 0.15) is 0 Å². The second-order valence-electron chi connectivity index (χ2n) is 7.81. The highest BCUT2D eigenvalue weighted by atomic mass is 79.9. The van der Waals surface area contributed by atoms with Gasteiger partial charge in [-0.1, -0.05) is 27.5 Å². The first-order valence-electron chi connectivity index (χ1n) is 10.6. The molecule has 11 nitrogen and oxygen atoms in total. The fourth-order valence-electron chi connectivity index (χ4n) is 3.33. The molecule has 3 rings (SSSR count). The van der Waals surface area contributed by atoms with Crippen molar-refractivity contribution in [3.63, 3.8) is 0 Å². The molecule has 2 amide bonds. The predicted molar refractivity (Wildman–Crippen MR) is 134 cm³/mol. The topological polar surface area (TPSA) is 165 Å². The Labute approximate surface area is 214 Å². The maximum Gasteiger partial charge on any atom is 0.305 e. The Balaban J connectivity index is 1.62. The second-order valence-corrected chi connectivity index (χ2v) is 9.10. The molecule has 0 bridgehead atoms. The molecule has 186 valence electrons. The number of hydrogen-bond acceptors (Lipinski definition) is 8. The van der Waals surface area contributed by atoms with Crippen LogP contribution in [0.15, 0.2) is 40.1 Å². The van der Waals surface area contributed by atoms with Crippen molar-refractivity contribution in [2.45, 2.75) is 25.5 Å². The number of carbonyl (C=O) groups is 3. The van der Waals surface area contributed by atoms with Gasteiger partial charge in [0.15, 0.2) is 5.96 Å². The predicted octanol–water partition coefficient (Wildman–Crippen LogP) is 1.60. The van der Waals surface area contributed by atoms with E-state index >= 15 is 0 Å². The number of halogens is 2. The number of aromatic nitrogens is 1. The molecular weight excluding hydrogens is 544 g/mol. The Bertz CT molecular complexity index is 1160. The number of pyridine rings is 1. The lowest BCUT2D eigenvalue weighted by Crippen LogP contribution is -2.42. The zero-order valence-corrected chi connectivity index (χ0v) is 21.0. The minimum absolute atomic E-state index is 0.205. The molecule has 1 aliphatic heterocycles. The fourth-order valence-corrected chi connectivity index (χ4v) is 4.17. The molecule has 0 spiro atoms. The van der Waals surface area contributed by atoms with Gasteiger partial charge in [-0.25, -0.2) is 0 Å². The van der Waals surface area contributed by atoms with Gasteiger partial charge in [0.2, 0.25) is 5.91 Å². The van der Waals surface area contributed by atoms with Gasteiger partial charge in [-0.15, -0.1) is 0 Å². The van der Waals surface area contributed by atoms with E-state index in [1.165, 1.54) is 18.5 Å². The third-order valence-corrected chi connectivity index (χ3v) is 6.12. The SMILES string of the molecule is Cc1c(Br)cc(Cl)cc1[C@H](CC(=O)O)NC(=O)CNC(=O)c1cncc(NC2=NCC(O)CN2)c1. The molecule has 0 aliphatic carbocycles. The number of carboxylic acid groups (broad SMARTS) is 1. The van der Waals surface area contributed by atoms with Crippen LogP contribution in [0, 0.1) is 6.92 Å². The van der Waals surface area contributed by atoms with Crippen LogP contribution >= 0.6 is 27.5 Å². The van der Waals surface area contributed by atoms with Crippen LogP contribution in [0.4, 0.5) is 5.69 Å². The van der Waals surface area contributed by atoms with Gasteiger partial charge < -0.3 is 31.5 Å². The van der Waals surface area contributed by atoms with E-state index in [0.29, 0.717) is 33.3 Å². The molecule has 0 radical (unpaired) electrons. The number of rotatable bonds is 8. The summed E-state index contributed by atoms with van der Waals surface area (Å²) in [6.45, 7) is 2.01. The van der Waals surface area contributed by atoms with Crippen molar-refractivity contribution < 1.29 is 24.6 Å².